The Kier molecular flexibility index (Phi) is 5.55. The minimum atomic E-state index is -0.0529. The van der Waals surface area contributed by atoms with Crippen LogP contribution in [0.15, 0.2) is 36.4 Å². The maximum absolute atomic E-state index is 6.16. The Bertz CT molecular complexity index is 1010. The fourth-order valence-electron chi connectivity index (χ4n) is 3.99. The topological polar surface area (TPSA) is 67.6 Å². The Hall–Kier alpha value is -2.64. The number of fused-ring (bicyclic) bond motifs is 4. The standard InChI is InChI=1S/C23H27N3O4/c1-16-10-12-27-13-14-28-21-6-4-5-19(24-21)23-18-15-17(30-16)8-9-20(18)26(25-23)22-7-2-3-11-29-22/h4-6,8-9,15-16,22H,2-3,7,10-14H2,1H3/t16-,22?/m1/s1. The Balaban J connectivity index is 1.63. The maximum Gasteiger partial charge on any atom is 0.213 e. The van der Waals surface area contributed by atoms with Crippen LogP contribution in [0.25, 0.3) is 22.3 Å². The summed E-state index contributed by atoms with van der Waals surface area (Å²) >= 11 is 0. The summed E-state index contributed by atoms with van der Waals surface area (Å²) in [6.07, 6.45) is 4.01. The molecule has 0 radical (unpaired) electrons. The summed E-state index contributed by atoms with van der Waals surface area (Å²) in [6.45, 7) is 4.43. The van der Waals surface area contributed by atoms with Gasteiger partial charge in [0.15, 0.2) is 6.23 Å². The number of hydrogen-bond donors (Lipinski definition) is 0. The molecule has 5 rings (SSSR count). The molecular formula is C23H27N3O4. The number of ether oxygens (including phenoxy) is 4. The van der Waals surface area contributed by atoms with E-state index in [1.54, 1.807) is 0 Å². The lowest BCUT2D eigenvalue weighted by Crippen LogP contribution is -2.19. The molecule has 0 N–H and O–H groups in total. The van der Waals surface area contributed by atoms with Crippen molar-refractivity contribution in [3.05, 3.63) is 36.4 Å². The predicted octanol–water partition coefficient (Wildman–Crippen LogP) is 4.36. The molecule has 0 aliphatic carbocycles. The zero-order valence-corrected chi connectivity index (χ0v) is 17.3. The van der Waals surface area contributed by atoms with Crippen molar-refractivity contribution in [3.8, 4) is 23.0 Å². The first-order valence-corrected chi connectivity index (χ1v) is 10.8. The van der Waals surface area contributed by atoms with Crippen LogP contribution in [0.1, 0.15) is 38.8 Å². The SMILES string of the molecule is C[C@@H]1CCOCCOc2cccc(n2)-c2nn(C3CCCCO3)c3ccc(cc23)O1. The molecule has 30 heavy (non-hydrogen) atoms. The monoisotopic (exact) mass is 409 g/mol. The largest absolute Gasteiger partial charge is 0.491 e. The van der Waals surface area contributed by atoms with Gasteiger partial charge >= 0.3 is 0 Å². The normalized spacial score (nSPS) is 22.7. The first-order chi connectivity index (χ1) is 14.8. The van der Waals surface area contributed by atoms with E-state index >= 15 is 0 Å². The van der Waals surface area contributed by atoms with E-state index in [1.165, 1.54) is 0 Å². The lowest BCUT2D eigenvalue weighted by atomic mass is 10.1. The average molecular weight is 409 g/mol. The zero-order valence-electron chi connectivity index (χ0n) is 17.3. The average Bonchev–Trinajstić information content (AvgIpc) is 3.15. The Morgan fingerprint density at radius 2 is 1.97 bits per heavy atom. The highest BCUT2D eigenvalue weighted by molar-refractivity contribution is 5.93. The van der Waals surface area contributed by atoms with Gasteiger partial charge in [0.05, 0.1) is 30.5 Å². The van der Waals surface area contributed by atoms with Crippen molar-refractivity contribution in [1.29, 1.82) is 0 Å². The van der Waals surface area contributed by atoms with Crippen LogP contribution in [-0.2, 0) is 9.47 Å². The minimum Gasteiger partial charge on any atom is -0.491 e. The van der Waals surface area contributed by atoms with Gasteiger partial charge in [-0.1, -0.05) is 6.07 Å². The lowest BCUT2D eigenvalue weighted by Gasteiger charge is -2.23. The molecule has 1 fully saturated rings. The molecule has 158 valence electrons. The molecule has 1 unspecified atom stereocenters. The van der Waals surface area contributed by atoms with Gasteiger partial charge in [-0.2, -0.15) is 5.10 Å². The molecule has 0 saturated carbocycles. The van der Waals surface area contributed by atoms with Gasteiger partial charge in [0.1, 0.15) is 18.1 Å². The second-order valence-corrected chi connectivity index (χ2v) is 7.83. The molecule has 2 atom stereocenters. The smallest absolute Gasteiger partial charge is 0.213 e. The number of nitrogens with zero attached hydrogens (tertiary/aromatic N) is 3. The molecule has 7 heteroatoms. The second kappa shape index (κ2) is 8.62. The van der Waals surface area contributed by atoms with E-state index in [1.807, 2.05) is 28.9 Å². The van der Waals surface area contributed by atoms with Crippen molar-refractivity contribution in [1.82, 2.24) is 14.8 Å². The van der Waals surface area contributed by atoms with E-state index in [9.17, 15) is 0 Å². The molecule has 4 heterocycles. The van der Waals surface area contributed by atoms with Crippen molar-refractivity contribution in [2.45, 2.75) is 44.9 Å². The third kappa shape index (κ3) is 4.00. The van der Waals surface area contributed by atoms with E-state index in [-0.39, 0.29) is 12.3 Å². The second-order valence-electron chi connectivity index (χ2n) is 7.83. The number of rotatable bonds is 1. The molecule has 1 saturated heterocycles. The van der Waals surface area contributed by atoms with Crippen molar-refractivity contribution in [3.63, 3.8) is 0 Å². The van der Waals surface area contributed by atoms with Gasteiger partial charge in [-0.05, 0) is 50.5 Å². The summed E-state index contributed by atoms with van der Waals surface area (Å²) in [4.78, 5) is 4.70. The van der Waals surface area contributed by atoms with Crippen LogP contribution < -0.4 is 9.47 Å². The zero-order chi connectivity index (χ0) is 20.3. The Morgan fingerprint density at radius 3 is 2.87 bits per heavy atom. The minimum absolute atomic E-state index is 0.0489. The van der Waals surface area contributed by atoms with Crippen molar-refractivity contribution in [2.24, 2.45) is 0 Å². The lowest BCUT2D eigenvalue weighted by molar-refractivity contribution is -0.0365. The molecule has 2 aliphatic rings. The van der Waals surface area contributed by atoms with Gasteiger partial charge in [-0.25, -0.2) is 9.67 Å². The summed E-state index contributed by atoms with van der Waals surface area (Å²) in [6, 6.07) is 11.9. The highest BCUT2D eigenvalue weighted by atomic mass is 16.5. The quantitative estimate of drug-likeness (QED) is 0.595. The molecule has 1 aromatic carbocycles. The van der Waals surface area contributed by atoms with Crippen LogP contribution in [0.3, 0.4) is 0 Å². The first kappa shape index (κ1) is 19.3. The molecule has 0 spiro atoms. The first-order valence-electron chi connectivity index (χ1n) is 10.8. The molecule has 3 aromatic rings. The van der Waals surface area contributed by atoms with Gasteiger partial charge in [0, 0.05) is 24.5 Å². The number of benzene rings is 1. The summed E-state index contributed by atoms with van der Waals surface area (Å²) in [5.74, 6) is 1.39. The highest BCUT2D eigenvalue weighted by Crippen LogP contribution is 2.35. The van der Waals surface area contributed by atoms with Crippen LogP contribution in [0.4, 0.5) is 0 Å². The van der Waals surface area contributed by atoms with Crippen LogP contribution in [-0.4, -0.2) is 47.3 Å². The third-order valence-electron chi connectivity index (χ3n) is 5.56. The molecule has 0 amide bonds. The van der Waals surface area contributed by atoms with Crippen LogP contribution in [0, 0.1) is 0 Å². The van der Waals surface area contributed by atoms with Crippen molar-refractivity contribution in [2.75, 3.05) is 26.4 Å². The van der Waals surface area contributed by atoms with Gasteiger partial charge < -0.3 is 18.9 Å². The molecule has 2 aliphatic heterocycles. The number of pyridine rings is 1. The van der Waals surface area contributed by atoms with Gasteiger partial charge in [-0.15, -0.1) is 0 Å². The summed E-state index contributed by atoms with van der Waals surface area (Å²) in [5, 5.41) is 5.96. The van der Waals surface area contributed by atoms with Crippen LogP contribution in [0.5, 0.6) is 11.6 Å². The highest BCUT2D eigenvalue weighted by Gasteiger charge is 2.23. The third-order valence-corrected chi connectivity index (χ3v) is 5.56. The Morgan fingerprint density at radius 1 is 1.00 bits per heavy atom. The summed E-state index contributed by atoms with van der Waals surface area (Å²) in [7, 11) is 0. The predicted molar refractivity (Wildman–Crippen MR) is 113 cm³/mol. The van der Waals surface area contributed by atoms with Crippen molar-refractivity contribution < 1.29 is 18.9 Å². The van der Waals surface area contributed by atoms with Crippen LogP contribution >= 0.6 is 0 Å². The van der Waals surface area contributed by atoms with Crippen molar-refractivity contribution >= 4 is 10.9 Å². The molecule has 7 nitrogen and oxygen atoms in total. The maximum atomic E-state index is 6.16. The van der Waals surface area contributed by atoms with Gasteiger partial charge in [0.25, 0.3) is 0 Å². The molecular weight excluding hydrogens is 382 g/mol. The Labute approximate surface area is 175 Å². The van der Waals surface area contributed by atoms with E-state index < -0.39 is 0 Å². The molecule has 2 aromatic heterocycles. The van der Waals surface area contributed by atoms with E-state index in [0.29, 0.717) is 25.7 Å². The van der Waals surface area contributed by atoms with E-state index in [4.69, 9.17) is 29.0 Å². The van der Waals surface area contributed by atoms with Gasteiger partial charge in [0.2, 0.25) is 5.88 Å². The van der Waals surface area contributed by atoms with Crippen LogP contribution in [0.2, 0.25) is 0 Å². The fraction of sp³-hybridized carbons (Fsp3) is 0.478. The summed E-state index contributed by atoms with van der Waals surface area (Å²) < 4.78 is 25.7. The molecule has 4 bridgehead atoms. The number of hydrogen-bond acceptors (Lipinski definition) is 6. The van der Waals surface area contributed by atoms with E-state index in [2.05, 4.69) is 19.1 Å². The van der Waals surface area contributed by atoms with Gasteiger partial charge in [-0.3, -0.25) is 0 Å². The number of aromatic nitrogens is 3. The summed E-state index contributed by atoms with van der Waals surface area (Å²) in [5.41, 5.74) is 2.61. The fourth-order valence-corrected chi connectivity index (χ4v) is 3.99. The van der Waals surface area contributed by atoms with E-state index in [0.717, 1.165) is 60.3 Å².